The molecule has 1 atom stereocenters. The van der Waals surface area contributed by atoms with Crippen molar-refractivity contribution in [1.29, 1.82) is 0 Å². The van der Waals surface area contributed by atoms with Crippen molar-refractivity contribution < 1.29 is 13.9 Å². The molecule has 5 heteroatoms. The van der Waals surface area contributed by atoms with Gasteiger partial charge in [-0.1, -0.05) is 35.9 Å². The first-order valence-electron chi connectivity index (χ1n) is 6.15. The van der Waals surface area contributed by atoms with Crippen LogP contribution in [-0.2, 0) is 6.54 Å². The van der Waals surface area contributed by atoms with Crippen molar-refractivity contribution in [2.75, 3.05) is 6.54 Å². The second-order valence-corrected chi connectivity index (χ2v) is 4.82. The summed E-state index contributed by atoms with van der Waals surface area (Å²) in [6, 6.07) is 10.5. The van der Waals surface area contributed by atoms with Gasteiger partial charge in [0.05, 0.1) is 11.1 Å². The van der Waals surface area contributed by atoms with E-state index in [0.717, 1.165) is 0 Å². The molecule has 0 bridgehead atoms. The lowest BCUT2D eigenvalue weighted by Crippen LogP contribution is -2.21. The number of halogens is 3. The Morgan fingerprint density at radius 3 is 2.55 bits per heavy atom. The number of rotatable bonds is 5. The van der Waals surface area contributed by atoms with E-state index in [1.165, 1.54) is 24.3 Å². The summed E-state index contributed by atoms with van der Waals surface area (Å²) in [5, 5.41) is 12.9. The summed E-state index contributed by atoms with van der Waals surface area (Å²) in [6.45, 7) is 0.533. The number of nitrogens with one attached hydrogen (secondary N) is 1. The molecule has 20 heavy (non-hydrogen) atoms. The highest BCUT2D eigenvalue weighted by Crippen LogP contribution is 2.17. The molecule has 2 aromatic carbocycles. The van der Waals surface area contributed by atoms with Gasteiger partial charge in [-0.05, 0) is 23.8 Å². The second-order valence-electron chi connectivity index (χ2n) is 4.42. The largest absolute Gasteiger partial charge is 0.387 e. The van der Waals surface area contributed by atoms with Gasteiger partial charge in [0.15, 0.2) is 0 Å². The summed E-state index contributed by atoms with van der Waals surface area (Å²) in [5.41, 5.74) is 0.940. The quantitative estimate of drug-likeness (QED) is 0.886. The van der Waals surface area contributed by atoms with Crippen LogP contribution in [0, 0.1) is 11.6 Å². The number of benzene rings is 2. The molecule has 0 aliphatic heterocycles. The smallest absolute Gasteiger partial charge is 0.142 e. The molecule has 0 aliphatic carbocycles. The fourth-order valence-corrected chi connectivity index (χ4v) is 1.98. The van der Waals surface area contributed by atoms with Crippen LogP contribution >= 0.6 is 11.6 Å². The fraction of sp³-hybridized carbons (Fsp3) is 0.200. The Morgan fingerprint density at radius 2 is 1.85 bits per heavy atom. The molecule has 2 aromatic rings. The van der Waals surface area contributed by atoms with Crippen LogP contribution in [0.4, 0.5) is 8.78 Å². The third-order valence-corrected chi connectivity index (χ3v) is 3.22. The van der Waals surface area contributed by atoms with Gasteiger partial charge in [0.2, 0.25) is 0 Å². The Balaban J connectivity index is 1.89. The average molecular weight is 298 g/mol. The minimum atomic E-state index is -0.951. The van der Waals surface area contributed by atoms with Gasteiger partial charge < -0.3 is 10.4 Å². The SMILES string of the molecule is OC(CNCc1ccc(Cl)c(F)c1)c1ccccc1F. The van der Waals surface area contributed by atoms with E-state index in [1.807, 2.05) is 0 Å². The van der Waals surface area contributed by atoms with Gasteiger partial charge in [0.1, 0.15) is 11.6 Å². The summed E-state index contributed by atoms with van der Waals surface area (Å²) in [4.78, 5) is 0. The van der Waals surface area contributed by atoms with Crippen LogP contribution in [0.1, 0.15) is 17.2 Å². The summed E-state index contributed by atoms with van der Waals surface area (Å²) >= 11 is 5.59. The second kappa shape index (κ2) is 6.79. The van der Waals surface area contributed by atoms with E-state index >= 15 is 0 Å². The highest BCUT2D eigenvalue weighted by Gasteiger charge is 2.11. The number of hydrogen-bond acceptors (Lipinski definition) is 2. The number of aliphatic hydroxyl groups is 1. The van der Waals surface area contributed by atoms with Crippen LogP contribution in [-0.4, -0.2) is 11.7 Å². The molecule has 0 saturated carbocycles. The summed E-state index contributed by atoms with van der Waals surface area (Å²) in [7, 11) is 0. The molecule has 0 spiro atoms. The van der Waals surface area contributed by atoms with Gasteiger partial charge >= 0.3 is 0 Å². The van der Waals surface area contributed by atoms with Crippen LogP contribution in [0.15, 0.2) is 42.5 Å². The molecule has 0 amide bonds. The minimum absolute atomic E-state index is 0.0696. The molecule has 0 saturated heterocycles. The van der Waals surface area contributed by atoms with Gasteiger partial charge in [-0.3, -0.25) is 0 Å². The maximum absolute atomic E-state index is 13.4. The molecule has 1 unspecified atom stereocenters. The summed E-state index contributed by atoms with van der Waals surface area (Å²) < 4.78 is 26.7. The molecule has 2 nitrogen and oxygen atoms in total. The Kier molecular flexibility index (Phi) is 5.06. The zero-order valence-electron chi connectivity index (χ0n) is 10.6. The van der Waals surface area contributed by atoms with Crippen molar-refractivity contribution in [2.24, 2.45) is 0 Å². The van der Waals surface area contributed by atoms with E-state index < -0.39 is 17.7 Å². The van der Waals surface area contributed by atoms with Crippen molar-refractivity contribution in [3.05, 3.63) is 70.2 Å². The van der Waals surface area contributed by atoms with Crippen molar-refractivity contribution in [2.45, 2.75) is 12.6 Å². The van der Waals surface area contributed by atoms with Crippen LogP contribution in [0.5, 0.6) is 0 Å². The zero-order valence-corrected chi connectivity index (χ0v) is 11.4. The molecule has 2 rings (SSSR count). The lowest BCUT2D eigenvalue weighted by atomic mass is 10.1. The Morgan fingerprint density at radius 1 is 1.10 bits per heavy atom. The van der Waals surface area contributed by atoms with Crippen LogP contribution < -0.4 is 5.32 Å². The number of aliphatic hydroxyl groups excluding tert-OH is 1. The topological polar surface area (TPSA) is 32.3 Å². The van der Waals surface area contributed by atoms with E-state index in [-0.39, 0.29) is 17.1 Å². The molecular weight excluding hydrogens is 284 g/mol. The molecule has 0 aliphatic rings. The molecule has 0 radical (unpaired) electrons. The lowest BCUT2D eigenvalue weighted by molar-refractivity contribution is 0.169. The third-order valence-electron chi connectivity index (χ3n) is 2.92. The van der Waals surface area contributed by atoms with E-state index in [9.17, 15) is 13.9 Å². The van der Waals surface area contributed by atoms with Crippen molar-refractivity contribution in [1.82, 2.24) is 5.32 Å². The standard InChI is InChI=1S/C15H14ClF2NO/c16-12-6-5-10(7-14(12)18)8-19-9-15(20)11-3-1-2-4-13(11)17/h1-7,15,19-20H,8-9H2. The monoisotopic (exact) mass is 297 g/mol. The lowest BCUT2D eigenvalue weighted by Gasteiger charge is -2.13. The highest BCUT2D eigenvalue weighted by atomic mass is 35.5. The van der Waals surface area contributed by atoms with E-state index in [1.54, 1.807) is 18.2 Å². The highest BCUT2D eigenvalue weighted by molar-refractivity contribution is 6.30. The van der Waals surface area contributed by atoms with Crippen molar-refractivity contribution in [3.63, 3.8) is 0 Å². The molecule has 0 fully saturated rings. The summed E-state index contributed by atoms with van der Waals surface area (Å²) in [5.74, 6) is -0.931. The normalized spacial score (nSPS) is 12.4. The zero-order chi connectivity index (χ0) is 14.5. The first-order chi connectivity index (χ1) is 9.58. The average Bonchev–Trinajstić information content (AvgIpc) is 2.43. The van der Waals surface area contributed by atoms with Gasteiger partial charge in [-0.2, -0.15) is 0 Å². The first-order valence-corrected chi connectivity index (χ1v) is 6.53. The minimum Gasteiger partial charge on any atom is -0.387 e. The predicted octanol–water partition coefficient (Wildman–Crippen LogP) is 3.44. The van der Waals surface area contributed by atoms with Crippen LogP contribution in [0.3, 0.4) is 0 Å². The number of hydrogen-bond donors (Lipinski definition) is 2. The Bertz CT molecular complexity index is 592. The van der Waals surface area contributed by atoms with Gasteiger partial charge in [-0.25, -0.2) is 8.78 Å². The van der Waals surface area contributed by atoms with E-state index in [0.29, 0.717) is 12.1 Å². The molecule has 0 aromatic heterocycles. The first kappa shape index (κ1) is 14.9. The molecule has 2 N–H and O–H groups in total. The van der Waals surface area contributed by atoms with Crippen LogP contribution in [0.2, 0.25) is 5.02 Å². The van der Waals surface area contributed by atoms with E-state index in [2.05, 4.69) is 5.32 Å². The Hall–Kier alpha value is -1.49. The summed E-state index contributed by atoms with van der Waals surface area (Å²) in [6.07, 6.45) is -0.951. The van der Waals surface area contributed by atoms with E-state index in [4.69, 9.17) is 11.6 Å². The van der Waals surface area contributed by atoms with Crippen molar-refractivity contribution in [3.8, 4) is 0 Å². The van der Waals surface area contributed by atoms with Gasteiger partial charge in [0, 0.05) is 18.7 Å². The van der Waals surface area contributed by atoms with Crippen molar-refractivity contribution >= 4 is 11.6 Å². The maximum Gasteiger partial charge on any atom is 0.142 e. The molecule has 0 heterocycles. The molecular formula is C15H14ClF2NO. The Labute approximate surface area is 121 Å². The molecule has 106 valence electrons. The third kappa shape index (κ3) is 3.76. The van der Waals surface area contributed by atoms with Gasteiger partial charge in [0.25, 0.3) is 0 Å². The predicted molar refractivity (Wildman–Crippen MR) is 74.5 cm³/mol. The maximum atomic E-state index is 13.4. The van der Waals surface area contributed by atoms with Gasteiger partial charge in [-0.15, -0.1) is 0 Å². The fourth-order valence-electron chi connectivity index (χ4n) is 1.86. The van der Waals surface area contributed by atoms with Crippen LogP contribution in [0.25, 0.3) is 0 Å².